The van der Waals surface area contributed by atoms with E-state index < -0.39 is 23.6 Å². The molecule has 35 heavy (non-hydrogen) atoms. The minimum atomic E-state index is -1.28. The number of anilines is 1. The summed E-state index contributed by atoms with van der Waals surface area (Å²) < 4.78 is 0. The van der Waals surface area contributed by atoms with Gasteiger partial charge in [0, 0.05) is 23.5 Å². The number of halogens is 2. The average Bonchev–Trinajstić information content (AvgIpc) is 2.80. The maximum atomic E-state index is 13.1. The summed E-state index contributed by atoms with van der Waals surface area (Å²) in [6.45, 7) is 3.18. The molecule has 1 fully saturated rings. The third kappa shape index (κ3) is 6.11. The predicted octanol–water partition coefficient (Wildman–Crippen LogP) is 3.25. The fraction of sp³-hybridized carbons (Fsp3) is 0.250. The fourth-order valence-corrected chi connectivity index (χ4v) is 3.83. The molecule has 0 saturated carbocycles. The zero-order valence-electron chi connectivity index (χ0n) is 19.0. The number of hydrogen-bond acceptors (Lipinski definition) is 6. The first-order valence-corrected chi connectivity index (χ1v) is 11.3. The van der Waals surface area contributed by atoms with Crippen molar-refractivity contribution in [2.24, 2.45) is 5.73 Å². The van der Waals surface area contributed by atoms with Crippen LogP contribution in [-0.4, -0.2) is 52.4 Å². The van der Waals surface area contributed by atoms with E-state index in [1.165, 1.54) is 23.1 Å². The van der Waals surface area contributed by atoms with Crippen LogP contribution in [0.2, 0.25) is 10.0 Å². The molecule has 9 nitrogen and oxygen atoms in total. The van der Waals surface area contributed by atoms with E-state index >= 15 is 0 Å². The Morgan fingerprint density at radius 2 is 1.89 bits per heavy atom. The number of benzene rings is 2. The van der Waals surface area contributed by atoms with Crippen LogP contribution >= 0.6 is 23.2 Å². The molecular weight excluding hydrogens is 491 g/mol. The normalized spacial score (nSPS) is 17.1. The Labute approximate surface area is 212 Å². The van der Waals surface area contributed by atoms with Crippen LogP contribution in [0.5, 0.6) is 0 Å². The second-order valence-corrected chi connectivity index (χ2v) is 9.39. The highest BCUT2D eigenvalue weighted by atomic mass is 35.5. The van der Waals surface area contributed by atoms with Crippen molar-refractivity contribution in [2.75, 3.05) is 18.4 Å². The van der Waals surface area contributed by atoms with Crippen molar-refractivity contribution in [1.82, 2.24) is 10.2 Å². The minimum Gasteiger partial charge on any atom is -0.388 e. The summed E-state index contributed by atoms with van der Waals surface area (Å²) in [5.41, 5.74) is 5.46. The Balaban J connectivity index is 1.98. The third-order valence-corrected chi connectivity index (χ3v) is 6.25. The smallest absolute Gasteiger partial charge is 0.322 e. The monoisotopic (exact) mass is 514 g/mol. The van der Waals surface area contributed by atoms with E-state index in [9.17, 15) is 14.7 Å². The van der Waals surface area contributed by atoms with Crippen LogP contribution in [0.25, 0.3) is 0 Å². The molecule has 1 aliphatic rings. The highest BCUT2D eigenvalue weighted by Crippen LogP contribution is 2.26. The molecule has 0 spiro atoms. The molecule has 11 heteroatoms. The standard InChI is InChI=1S/C24H24Cl2N6O3/c1-24(2,35)19-12-32(23(34)30-15-6-3-13(10-27)4-7-15)11-18(31-19)20(22(29)33)21(28)14-5-8-16(25)17(26)9-14/h3-9,19,28,31,35H,11-12H2,1-2H3,(H2,29,33)(H,30,34)/b20-18+,28-21?. The first-order chi connectivity index (χ1) is 16.4. The number of primary amides is 1. The van der Waals surface area contributed by atoms with Gasteiger partial charge in [0.2, 0.25) is 0 Å². The summed E-state index contributed by atoms with van der Waals surface area (Å²) in [4.78, 5) is 26.9. The zero-order valence-corrected chi connectivity index (χ0v) is 20.5. The minimum absolute atomic E-state index is 0.0728. The topological polar surface area (TPSA) is 155 Å². The van der Waals surface area contributed by atoms with Gasteiger partial charge in [0.05, 0.1) is 51.2 Å². The lowest BCUT2D eigenvalue weighted by atomic mass is 9.93. The molecule has 1 unspecified atom stereocenters. The summed E-state index contributed by atoms with van der Waals surface area (Å²) in [6, 6.07) is 11.7. The number of nitrogens with one attached hydrogen (secondary N) is 3. The molecule has 0 radical (unpaired) electrons. The van der Waals surface area contributed by atoms with Gasteiger partial charge in [-0.25, -0.2) is 4.79 Å². The van der Waals surface area contributed by atoms with Gasteiger partial charge in [0.15, 0.2) is 0 Å². The van der Waals surface area contributed by atoms with Crippen molar-refractivity contribution in [3.63, 3.8) is 0 Å². The third-order valence-electron chi connectivity index (χ3n) is 5.51. The van der Waals surface area contributed by atoms with Gasteiger partial charge in [-0.2, -0.15) is 5.26 Å². The molecule has 0 aromatic heterocycles. The van der Waals surface area contributed by atoms with Crippen molar-refractivity contribution >= 4 is 46.5 Å². The van der Waals surface area contributed by atoms with Gasteiger partial charge in [-0.3, -0.25) is 10.2 Å². The van der Waals surface area contributed by atoms with Crippen LogP contribution in [0.3, 0.4) is 0 Å². The first-order valence-electron chi connectivity index (χ1n) is 10.5. The largest absolute Gasteiger partial charge is 0.388 e. The van der Waals surface area contributed by atoms with E-state index in [-0.39, 0.29) is 35.1 Å². The lowest BCUT2D eigenvalue weighted by Crippen LogP contribution is -2.60. The second kappa shape index (κ2) is 10.4. The Morgan fingerprint density at radius 1 is 1.23 bits per heavy atom. The number of nitrogens with zero attached hydrogens (tertiary/aromatic N) is 2. The Hall–Kier alpha value is -3.58. The number of aliphatic hydroxyl groups is 1. The molecule has 1 saturated heterocycles. The lowest BCUT2D eigenvalue weighted by Gasteiger charge is -2.41. The summed E-state index contributed by atoms with van der Waals surface area (Å²) in [5, 5.41) is 34.6. The Morgan fingerprint density at radius 3 is 2.43 bits per heavy atom. The van der Waals surface area contributed by atoms with E-state index in [0.717, 1.165) is 0 Å². The molecule has 1 atom stereocenters. The van der Waals surface area contributed by atoms with Crippen LogP contribution in [-0.2, 0) is 4.79 Å². The molecule has 182 valence electrons. The Bertz CT molecular complexity index is 1250. The van der Waals surface area contributed by atoms with Crippen LogP contribution in [0.15, 0.2) is 53.7 Å². The molecule has 3 rings (SSSR count). The van der Waals surface area contributed by atoms with Crippen molar-refractivity contribution in [1.29, 1.82) is 10.7 Å². The number of nitriles is 1. The van der Waals surface area contributed by atoms with E-state index in [1.807, 2.05) is 6.07 Å². The van der Waals surface area contributed by atoms with Gasteiger partial charge in [-0.15, -0.1) is 0 Å². The summed E-state index contributed by atoms with van der Waals surface area (Å²) in [6.07, 6.45) is 0. The summed E-state index contributed by atoms with van der Waals surface area (Å²) in [5.74, 6) is -0.882. The number of carbonyl (C=O) groups excluding carboxylic acids is 2. The van der Waals surface area contributed by atoms with Crippen LogP contribution in [0, 0.1) is 16.7 Å². The summed E-state index contributed by atoms with van der Waals surface area (Å²) in [7, 11) is 0. The zero-order chi connectivity index (χ0) is 25.9. The molecule has 3 amide bonds. The number of amides is 3. The highest BCUT2D eigenvalue weighted by molar-refractivity contribution is 6.42. The fourth-order valence-electron chi connectivity index (χ4n) is 3.53. The molecule has 6 N–H and O–H groups in total. The lowest BCUT2D eigenvalue weighted by molar-refractivity contribution is -0.114. The maximum absolute atomic E-state index is 13.1. The van der Waals surface area contributed by atoms with Gasteiger partial charge in [0.25, 0.3) is 5.91 Å². The molecule has 0 aliphatic carbocycles. The number of urea groups is 1. The number of nitrogens with two attached hydrogens (primary N) is 1. The van der Waals surface area contributed by atoms with E-state index in [1.54, 1.807) is 38.1 Å². The molecule has 1 heterocycles. The van der Waals surface area contributed by atoms with Crippen LogP contribution in [0.4, 0.5) is 10.5 Å². The van der Waals surface area contributed by atoms with Crippen molar-refractivity contribution < 1.29 is 14.7 Å². The van der Waals surface area contributed by atoms with Gasteiger partial charge in [-0.1, -0.05) is 29.3 Å². The van der Waals surface area contributed by atoms with Crippen molar-refractivity contribution in [2.45, 2.75) is 25.5 Å². The molecule has 0 bridgehead atoms. The highest BCUT2D eigenvalue weighted by Gasteiger charge is 2.37. The van der Waals surface area contributed by atoms with Crippen LogP contribution < -0.4 is 16.4 Å². The van der Waals surface area contributed by atoms with E-state index in [4.69, 9.17) is 39.6 Å². The first kappa shape index (κ1) is 26.0. The second-order valence-electron chi connectivity index (χ2n) is 8.57. The summed E-state index contributed by atoms with van der Waals surface area (Å²) >= 11 is 12.1. The molecule has 1 aliphatic heterocycles. The number of piperazine rings is 1. The predicted molar refractivity (Wildman–Crippen MR) is 134 cm³/mol. The molecule has 2 aromatic rings. The number of hydrogen-bond donors (Lipinski definition) is 5. The molecule has 2 aromatic carbocycles. The number of carbonyl (C=O) groups is 2. The SMILES string of the molecule is CC(C)(O)C1CN(C(=O)Nc2ccc(C#N)cc2)C/C(=C(/C(=N)c2ccc(Cl)c(Cl)c2)C(N)=O)N1. The average molecular weight is 515 g/mol. The van der Waals surface area contributed by atoms with Crippen molar-refractivity contribution in [3.8, 4) is 6.07 Å². The van der Waals surface area contributed by atoms with E-state index in [0.29, 0.717) is 21.8 Å². The number of rotatable bonds is 5. The van der Waals surface area contributed by atoms with Gasteiger partial charge in [0.1, 0.15) is 0 Å². The van der Waals surface area contributed by atoms with Gasteiger partial charge in [-0.05, 0) is 50.2 Å². The molecular formula is C24H24Cl2N6O3. The van der Waals surface area contributed by atoms with E-state index in [2.05, 4.69) is 10.6 Å². The van der Waals surface area contributed by atoms with Gasteiger partial charge >= 0.3 is 6.03 Å². The van der Waals surface area contributed by atoms with Gasteiger partial charge < -0.3 is 26.4 Å². The maximum Gasteiger partial charge on any atom is 0.322 e. The van der Waals surface area contributed by atoms with Crippen molar-refractivity contribution in [3.05, 3.63) is 74.9 Å². The van der Waals surface area contributed by atoms with Crippen LogP contribution in [0.1, 0.15) is 25.0 Å². The Kier molecular flexibility index (Phi) is 7.70. The quantitative estimate of drug-likeness (QED) is 0.305.